The maximum absolute atomic E-state index is 12.7. The Hall–Kier alpha value is -1.88. The lowest BCUT2D eigenvalue weighted by Gasteiger charge is -2.39. The van der Waals surface area contributed by atoms with E-state index in [1.165, 1.54) is 6.92 Å². The van der Waals surface area contributed by atoms with E-state index in [2.05, 4.69) is 24.5 Å². The van der Waals surface area contributed by atoms with Gasteiger partial charge in [0.2, 0.25) is 11.8 Å². The predicted molar refractivity (Wildman–Crippen MR) is 86.3 cm³/mol. The zero-order valence-corrected chi connectivity index (χ0v) is 13.5. The van der Waals surface area contributed by atoms with Gasteiger partial charge in [0, 0.05) is 32.1 Å². The monoisotopic (exact) mass is 303 g/mol. The number of carbonyl (C=O) groups excluding carboxylic acids is 2. The third-order valence-electron chi connectivity index (χ3n) is 4.31. The summed E-state index contributed by atoms with van der Waals surface area (Å²) in [5.41, 5.74) is 0.960. The van der Waals surface area contributed by atoms with Crippen LogP contribution in [0.3, 0.4) is 0 Å². The summed E-state index contributed by atoms with van der Waals surface area (Å²) in [7, 11) is 0. The van der Waals surface area contributed by atoms with Crippen molar-refractivity contribution in [3.8, 4) is 0 Å². The molecule has 1 aliphatic heterocycles. The van der Waals surface area contributed by atoms with Crippen molar-refractivity contribution in [2.75, 3.05) is 13.1 Å². The van der Waals surface area contributed by atoms with Crippen molar-refractivity contribution in [2.45, 2.75) is 45.3 Å². The van der Waals surface area contributed by atoms with Crippen molar-refractivity contribution in [2.24, 2.45) is 0 Å². The summed E-state index contributed by atoms with van der Waals surface area (Å²) < 4.78 is 0. The summed E-state index contributed by atoms with van der Waals surface area (Å²) in [4.78, 5) is 26.0. The molecule has 1 aromatic carbocycles. The Morgan fingerprint density at radius 2 is 2.00 bits per heavy atom. The van der Waals surface area contributed by atoms with Crippen molar-refractivity contribution < 1.29 is 9.59 Å². The Kier molecular flexibility index (Phi) is 5.55. The van der Waals surface area contributed by atoms with Crippen molar-refractivity contribution in [3.05, 3.63) is 35.9 Å². The first-order valence-corrected chi connectivity index (χ1v) is 7.84. The molecule has 2 N–H and O–H groups in total. The number of amides is 2. The molecule has 2 amide bonds. The fourth-order valence-corrected chi connectivity index (χ4v) is 2.88. The first-order chi connectivity index (χ1) is 10.5. The van der Waals surface area contributed by atoms with Crippen LogP contribution in [0.1, 0.15) is 38.8 Å². The van der Waals surface area contributed by atoms with Crippen LogP contribution in [0.2, 0.25) is 0 Å². The molecule has 2 rings (SSSR count). The average molecular weight is 303 g/mol. The van der Waals surface area contributed by atoms with Crippen LogP contribution in [-0.2, 0) is 9.59 Å². The number of benzene rings is 1. The number of nitrogens with one attached hydrogen (secondary N) is 2. The van der Waals surface area contributed by atoms with Gasteiger partial charge in [-0.05, 0) is 19.4 Å². The largest absolute Gasteiger partial charge is 0.349 e. The maximum Gasteiger partial charge on any atom is 0.225 e. The van der Waals surface area contributed by atoms with E-state index < -0.39 is 0 Å². The Balaban J connectivity index is 2.09. The number of nitrogens with zero attached hydrogens (tertiary/aromatic N) is 1. The minimum Gasteiger partial charge on any atom is -0.349 e. The van der Waals surface area contributed by atoms with Gasteiger partial charge in [0.25, 0.3) is 0 Å². The summed E-state index contributed by atoms with van der Waals surface area (Å²) in [6, 6.07) is 9.83. The first kappa shape index (κ1) is 16.5. The number of carbonyl (C=O) groups is 2. The molecule has 5 heteroatoms. The third-order valence-corrected chi connectivity index (χ3v) is 4.31. The van der Waals surface area contributed by atoms with E-state index in [-0.39, 0.29) is 29.9 Å². The van der Waals surface area contributed by atoms with E-state index in [1.54, 1.807) is 0 Å². The van der Waals surface area contributed by atoms with E-state index in [9.17, 15) is 9.59 Å². The Labute approximate surface area is 132 Å². The fraction of sp³-hybridized carbons (Fsp3) is 0.529. The van der Waals surface area contributed by atoms with Crippen LogP contribution in [0.15, 0.2) is 30.3 Å². The minimum absolute atomic E-state index is 0.0865. The van der Waals surface area contributed by atoms with Gasteiger partial charge in [-0.2, -0.15) is 0 Å². The molecule has 5 nitrogen and oxygen atoms in total. The van der Waals surface area contributed by atoms with Gasteiger partial charge < -0.3 is 15.5 Å². The van der Waals surface area contributed by atoms with Crippen molar-refractivity contribution >= 4 is 11.8 Å². The minimum atomic E-state index is -0.274. The molecule has 0 spiro atoms. The molecule has 0 aromatic heterocycles. The van der Waals surface area contributed by atoms with Gasteiger partial charge >= 0.3 is 0 Å². The summed E-state index contributed by atoms with van der Waals surface area (Å²) in [6.07, 6.45) is 0.292. The van der Waals surface area contributed by atoms with Gasteiger partial charge in [-0.15, -0.1) is 0 Å². The van der Waals surface area contributed by atoms with E-state index in [0.29, 0.717) is 13.0 Å². The van der Waals surface area contributed by atoms with Crippen LogP contribution in [-0.4, -0.2) is 41.9 Å². The summed E-state index contributed by atoms with van der Waals surface area (Å²) in [6.45, 7) is 7.16. The number of hydrogen-bond acceptors (Lipinski definition) is 3. The topological polar surface area (TPSA) is 61.4 Å². The van der Waals surface area contributed by atoms with Crippen molar-refractivity contribution in [1.82, 2.24) is 15.5 Å². The second-order valence-electron chi connectivity index (χ2n) is 5.94. The average Bonchev–Trinajstić information content (AvgIpc) is 2.49. The van der Waals surface area contributed by atoms with Crippen molar-refractivity contribution in [1.29, 1.82) is 0 Å². The number of piperazine rings is 1. The van der Waals surface area contributed by atoms with Gasteiger partial charge in [0.1, 0.15) is 0 Å². The van der Waals surface area contributed by atoms with Gasteiger partial charge in [0.15, 0.2) is 0 Å². The highest BCUT2D eigenvalue weighted by atomic mass is 16.2. The van der Waals surface area contributed by atoms with E-state index >= 15 is 0 Å². The molecule has 1 saturated heterocycles. The standard InChI is InChI=1S/C17H25N3O2/c1-12-13(2)20(10-9-18-12)17(22)11-16(19-14(3)21)15-7-5-4-6-8-15/h4-8,12-13,16,18H,9-11H2,1-3H3,(H,19,21). The second-order valence-corrected chi connectivity index (χ2v) is 5.94. The molecule has 3 unspecified atom stereocenters. The molecular weight excluding hydrogens is 278 g/mol. The molecule has 0 aliphatic carbocycles. The highest BCUT2D eigenvalue weighted by Crippen LogP contribution is 2.20. The van der Waals surface area contributed by atoms with Crippen LogP contribution in [0.4, 0.5) is 0 Å². The quantitative estimate of drug-likeness (QED) is 0.885. The Morgan fingerprint density at radius 1 is 1.32 bits per heavy atom. The molecule has 0 bridgehead atoms. The normalized spacial score (nSPS) is 23.0. The van der Waals surface area contributed by atoms with Gasteiger partial charge in [-0.25, -0.2) is 0 Å². The van der Waals surface area contributed by atoms with Gasteiger partial charge in [-0.1, -0.05) is 30.3 Å². The third kappa shape index (κ3) is 4.07. The zero-order valence-electron chi connectivity index (χ0n) is 13.5. The van der Waals surface area contributed by atoms with E-state index in [1.807, 2.05) is 35.2 Å². The van der Waals surface area contributed by atoms with Crippen LogP contribution in [0, 0.1) is 0 Å². The fourth-order valence-electron chi connectivity index (χ4n) is 2.88. The lowest BCUT2D eigenvalue weighted by molar-refractivity contribution is -0.135. The molecule has 0 radical (unpaired) electrons. The van der Waals surface area contributed by atoms with Crippen LogP contribution in [0.5, 0.6) is 0 Å². The molecule has 3 atom stereocenters. The smallest absolute Gasteiger partial charge is 0.225 e. The molecule has 0 saturated carbocycles. The SMILES string of the molecule is CC(=O)NC(CC(=O)N1CCNC(C)C1C)c1ccccc1. The van der Waals surface area contributed by atoms with E-state index in [0.717, 1.165) is 12.1 Å². The van der Waals surface area contributed by atoms with E-state index in [4.69, 9.17) is 0 Å². The lowest BCUT2D eigenvalue weighted by Crippen LogP contribution is -2.57. The number of hydrogen-bond donors (Lipinski definition) is 2. The van der Waals surface area contributed by atoms with Crippen LogP contribution < -0.4 is 10.6 Å². The highest BCUT2D eigenvalue weighted by Gasteiger charge is 2.29. The lowest BCUT2D eigenvalue weighted by atomic mass is 10.0. The number of rotatable bonds is 4. The summed E-state index contributed by atoms with van der Waals surface area (Å²) >= 11 is 0. The maximum atomic E-state index is 12.7. The summed E-state index contributed by atoms with van der Waals surface area (Å²) in [5.74, 6) is -0.0353. The second kappa shape index (κ2) is 7.40. The van der Waals surface area contributed by atoms with Crippen LogP contribution in [0.25, 0.3) is 0 Å². The van der Waals surface area contributed by atoms with Gasteiger partial charge in [-0.3, -0.25) is 9.59 Å². The predicted octanol–water partition coefficient (Wildman–Crippen LogP) is 1.46. The summed E-state index contributed by atoms with van der Waals surface area (Å²) in [5, 5.41) is 6.26. The molecule has 1 aromatic rings. The highest BCUT2D eigenvalue weighted by molar-refractivity contribution is 5.79. The Morgan fingerprint density at radius 3 is 2.64 bits per heavy atom. The van der Waals surface area contributed by atoms with Crippen LogP contribution >= 0.6 is 0 Å². The molecular formula is C17H25N3O2. The molecule has 1 fully saturated rings. The molecule has 1 aliphatic rings. The molecule has 1 heterocycles. The zero-order chi connectivity index (χ0) is 16.1. The van der Waals surface area contributed by atoms with Gasteiger partial charge in [0.05, 0.1) is 12.5 Å². The Bertz CT molecular complexity index is 518. The molecule has 120 valence electrons. The van der Waals surface area contributed by atoms with Crippen molar-refractivity contribution in [3.63, 3.8) is 0 Å². The molecule has 22 heavy (non-hydrogen) atoms. The first-order valence-electron chi connectivity index (χ1n) is 7.84.